The van der Waals surface area contributed by atoms with E-state index in [0.29, 0.717) is 5.69 Å². The molecule has 90 valence electrons. The Morgan fingerprint density at radius 2 is 2.00 bits per heavy atom. The Hall–Kier alpha value is -2.34. The second kappa shape index (κ2) is 5.33. The molecule has 2 aromatic rings. The first-order valence-electron chi connectivity index (χ1n) is 5.79. The first-order valence-corrected chi connectivity index (χ1v) is 5.79. The molecule has 0 radical (unpaired) electrons. The highest BCUT2D eigenvalue weighted by molar-refractivity contribution is 6.07. The third-order valence-electron chi connectivity index (χ3n) is 2.79. The van der Waals surface area contributed by atoms with Gasteiger partial charge in [0, 0.05) is 6.20 Å². The van der Waals surface area contributed by atoms with Crippen molar-refractivity contribution in [3.63, 3.8) is 0 Å². The number of aromatic nitrogens is 2. The molecule has 3 nitrogen and oxygen atoms in total. The quantitative estimate of drug-likeness (QED) is 0.468. The maximum absolute atomic E-state index is 11.8. The van der Waals surface area contributed by atoms with E-state index in [9.17, 15) is 4.79 Å². The SMILES string of the molecule is CC#CC(=O)c1ccnn1[C@H](C)c1ccccc1. The largest absolute Gasteiger partial charge is 0.277 e. The van der Waals surface area contributed by atoms with Gasteiger partial charge in [-0.05, 0) is 31.4 Å². The third-order valence-corrected chi connectivity index (χ3v) is 2.79. The zero-order valence-electron chi connectivity index (χ0n) is 10.4. The molecule has 0 unspecified atom stereocenters. The van der Waals surface area contributed by atoms with Gasteiger partial charge in [-0.1, -0.05) is 36.3 Å². The number of carbonyl (C=O) groups excluding carboxylic acids is 1. The van der Waals surface area contributed by atoms with Gasteiger partial charge in [0.25, 0.3) is 5.78 Å². The summed E-state index contributed by atoms with van der Waals surface area (Å²) in [5.41, 5.74) is 1.64. The van der Waals surface area contributed by atoms with Crippen LogP contribution in [0, 0.1) is 11.8 Å². The molecule has 0 saturated carbocycles. The third kappa shape index (κ3) is 2.33. The maximum atomic E-state index is 11.8. The topological polar surface area (TPSA) is 34.9 Å². The van der Waals surface area contributed by atoms with Crippen LogP contribution in [0.25, 0.3) is 0 Å². The monoisotopic (exact) mass is 238 g/mol. The fourth-order valence-electron chi connectivity index (χ4n) is 1.85. The van der Waals surface area contributed by atoms with Gasteiger partial charge in [-0.15, -0.1) is 0 Å². The molecule has 0 N–H and O–H groups in total. The molecule has 1 heterocycles. The number of ketones is 1. The molecule has 0 aliphatic rings. The minimum atomic E-state index is -0.196. The van der Waals surface area contributed by atoms with Crippen LogP contribution in [0.2, 0.25) is 0 Å². The Balaban J connectivity index is 2.37. The lowest BCUT2D eigenvalue weighted by molar-refractivity contribution is 0.104. The number of benzene rings is 1. The van der Waals surface area contributed by atoms with Gasteiger partial charge in [0.1, 0.15) is 5.69 Å². The lowest BCUT2D eigenvalue weighted by Gasteiger charge is -2.14. The Kier molecular flexibility index (Phi) is 3.59. The molecule has 0 bridgehead atoms. The summed E-state index contributed by atoms with van der Waals surface area (Å²) in [4.78, 5) is 11.8. The van der Waals surface area contributed by atoms with Gasteiger partial charge in [-0.2, -0.15) is 5.10 Å². The first-order chi connectivity index (χ1) is 8.74. The Labute approximate surface area is 106 Å². The molecule has 1 aromatic heterocycles. The van der Waals surface area contributed by atoms with E-state index < -0.39 is 0 Å². The van der Waals surface area contributed by atoms with Gasteiger partial charge in [0.15, 0.2) is 0 Å². The van der Waals surface area contributed by atoms with Crippen LogP contribution in [-0.4, -0.2) is 15.6 Å². The molecule has 0 saturated heterocycles. The average molecular weight is 238 g/mol. The molecule has 2 rings (SSSR count). The van der Waals surface area contributed by atoms with Crippen molar-refractivity contribution < 1.29 is 4.79 Å². The van der Waals surface area contributed by atoms with Crippen LogP contribution < -0.4 is 0 Å². The number of rotatable bonds is 3. The lowest BCUT2D eigenvalue weighted by atomic mass is 10.1. The van der Waals surface area contributed by atoms with Gasteiger partial charge in [-0.25, -0.2) is 0 Å². The summed E-state index contributed by atoms with van der Waals surface area (Å²) in [6, 6.07) is 11.7. The molecular weight excluding hydrogens is 224 g/mol. The van der Waals surface area contributed by atoms with E-state index >= 15 is 0 Å². The van der Waals surface area contributed by atoms with Gasteiger partial charge in [0.2, 0.25) is 0 Å². The summed E-state index contributed by atoms with van der Waals surface area (Å²) in [5.74, 6) is 4.97. The van der Waals surface area contributed by atoms with Crippen LogP contribution in [0.5, 0.6) is 0 Å². The zero-order chi connectivity index (χ0) is 13.0. The summed E-state index contributed by atoms with van der Waals surface area (Å²) >= 11 is 0. The molecule has 0 spiro atoms. The van der Waals surface area contributed by atoms with Crippen molar-refractivity contribution in [1.29, 1.82) is 0 Å². The zero-order valence-corrected chi connectivity index (χ0v) is 10.4. The molecule has 0 fully saturated rings. The van der Waals surface area contributed by atoms with Gasteiger partial charge < -0.3 is 0 Å². The van der Waals surface area contributed by atoms with Crippen LogP contribution >= 0.6 is 0 Å². The minimum Gasteiger partial charge on any atom is -0.277 e. The second-order valence-corrected chi connectivity index (χ2v) is 3.95. The van der Waals surface area contributed by atoms with Crippen molar-refractivity contribution in [1.82, 2.24) is 9.78 Å². The maximum Gasteiger partial charge on any atom is 0.253 e. The van der Waals surface area contributed by atoms with E-state index in [1.165, 1.54) is 0 Å². The summed E-state index contributed by atoms with van der Waals surface area (Å²) in [7, 11) is 0. The standard InChI is InChI=1S/C15H14N2O/c1-3-7-15(18)14-10-11-16-17(14)12(2)13-8-5-4-6-9-13/h4-6,8-12H,1-2H3/t12-/m1/s1. The van der Waals surface area contributed by atoms with Crippen molar-refractivity contribution in [2.45, 2.75) is 19.9 Å². The van der Waals surface area contributed by atoms with Crippen molar-refractivity contribution in [2.75, 3.05) is 0 Å². The molecular formula is C15H14N2O. The summed E-state index contributed by atoms with van der Waals surface area (Å²) in [6.07, 6.45) is 1.63. The molecule has 1 aromatic carbocycles. The summed E-state index contributed by atoms with van der Waals surface area (Å²) in [6.45, 7) is 3.66. The fraction of sp³-hybridized carbons (Fsp3) is 0.200. The lowest BCUT2D eigenvalue weighted by Crippen LogP contribution is -2.14. The minimum absolute atomic E-state index is 0.0128. The number of hydrogen-bond acceptors (Lipinski definition) is 2. The van der Waals surface area contributed by atoms with E-state index in [-0.39, 0.29) is 11.8 Å². The van der Waals surface area contributed by atoms with Crippen molar-refractivity contribution in [2.24, 2.45) is 0 Å². The van der Waals surface area contributed by atoms with Gasteiger partial charge in [-0.3, -0.25) is 9.48 Å². The van der Waals surface area contributed by atoms with Gasteiger partial charge >= 0.3 is 0 Å². The van der Waals surface area contributed by atoms with Gasteiger partial charge in [0.05, 0.1) is 6.04 Å². The number of Topliss-reactive ketones (excluding diaryl/α,β-unsaturated/α-hetero) is 1. The number of hydrogen-bond donors (Lipinski definition) is 0. The molecule has 18 heavy (non-hydrogen) atoms. The highest BCUT2D eigenvalue weighted by Crippen LogP contribution is 2.18. The summed E-state index contributed by atoms with van der Waals surface area (Å²) < 4.78 is 1.71. The highest BCUT2D eigenvalue weighted by atomic mass is 16.1. The second-order valence-electron chi connectivity index (χ2n) is 3.95. The molecule has 3 heteroatoms. The smallest absolute Gasteiger partial charge is 0.253 e. The van der Waals surface area contributed by atoms with Crippen LogP contribution in [0.1, 0.15) is 35.9 Å². The Morgan fingerprint density at radius 1 is 1.28 bits per heavy atom. The molecule has 0 aliphatic carbocycles. The Morgan fingerprint density at radius 3 is 2.67 bits per heavy atom. The van der Waals surface area contributed by atoms with E-state index in [1.807, 2.05) is 37.3 Å². The van der Waals surface area contributed by atoms with Crippen LogP contribution in [0.15, 0.2) is 42.6 Å². The van der Waals surface area contributed by atoms with E-state index in [4.69, 9.17) is 0 Å². The van der Waals surface area contributed by atoms with E-state index in [1.54, 1.807) is 23.9 Å². The van der Waals surface area contributed by atoms with Crippen LogP contribution in [0.3, 0.4) is 0 Å². The van der Waals surface area contributed by atoms with Crippen molar-refractivity contribution >= 4 is 5.78 Å². The van der Waals surface area contributed by atoms with E-state index in [0.717, 1.165) is 5.56 Å². The summed E-state index contributed by atoms with van der Waals surface area (Å²) in [5, 5.41) is 4.22. The Bertz CT molecular complexity index is 602. The molecule has 1 atom stereocenters. The average Bonchev–Trinajstić information content (AvgIpc) is 2.88. The van der Waals surface area contributed by atoms with E-state index in [2.05, 4.69) is 16.9 Å². The normalized spacial score (nSPS) is 11.4. The number of nitrogens with zero attached hydrogens (tertiary/aromatic N) is 2. The van der Waals surface area contributed by atoms with Crippen molar-refractivity contribution in [3.8, 4) is 11.8 Å². The fourth-order valence-corrected chi connectivity index (χ4v) is 1.85. The van der Waals surface area contributed by atoms with Crippen LogP contribution in [-0.2, 0) is 0 Å². The van der Waals surface area contributed by atoms with Crippen LogP contribution in [0.4, 0.5) is 0 Å². The molecule has 0 aliphatic heterocycles. The predicted molar refractivity (Wildman–Crippen MR) is 70.3 cm³/mol. The molecule has 0 amide bonds. The highest BCUT2D eigenvalue weighted by Gasteiger charge is 2.15. The first kappa shape index (κ1) is 12.1. The predicted octanol–water partition coefficient (Wildman–Crippen LogP) is 2.70. The van der Waals surface area contributed by atoms with Crippen molar-refractivity contribution in [3.05, 3.63) is 53.9 Å². The number of carbonyl (C=O) groups is 1.